The van der Waals surface area contributed by atoms with E-state index in [4.69, 9.17) is 5.11 Å². The quantitative estimate of drug-likeness (QED) is 0.779. The van der Waals surface area contributed by atoms with Crippen molar-refractivity contribution in [3.05, 3.63) is 59.4 Å². The first-order chi connectivity index (χ1) is 10.3. The summed E-state index contributed by atoms with van der Waals surface area (Å²) < 4.78 is 2.22. The molecule has 1 heterocycles. The normalized spacial score (nSPS) is 12.5. The summed E-state index contributed by atoms with van der Waals surface area (Å²) in [5.74, 6) is 0. The maximum absolute atomic E-state index is 9.07. The van der Waals surface area contributed by atoms with E-state index in [1.807, 2.05) is 12.1 Å². The number of aromatic nitrogens is 1. The molecule has 1 aromatic heterocycles. The molecule has 3 nitrogen and oxygen atoms in total. The minimum atomic E-state index is 0.106. The molecule has 0 fully saturated rings. The highest BCUT2D eigenvalue weighted by atomic mass is 16.3. The van der Waals surface area contributed by atoms with Crippen molar-refractivity contribution in [2.45, 2.75) is 45.9 Å². The van der Waals surface area contributed by atoms with Crippen molar-refractivity contribution in [1.82, 2.24) is 9.88 Å². The first kappa shape index (κ1) is 15.8. The number of aliphatic hydroxyl groups excluding tert-OH is 1. The van der Waals surface area contributed by atoms with E-state index >= 15 is 0 Å². The maximum atomic E-state index is 9.07. The van der Waals surface area contributed by atoms with Gasteiger partial charge in [-0.3, -0.25) is 0 Å². The molecule has 0 saturated carbocycles. The maximum Gasteiger partial charge on any atom is 0.0681 e. The molecule has 3 heteroatoms. The van der Waals surface area contributed by atoms with Crippen LogP contribution in [0.1, 0.15) is 49.4 Å². The van der Waals surface area contributed by atoms with Gasteiger partial charge in [-0.2, -0.15) is 0 Å². The van der Waals surface area contributed by atoms with Crippen LogP contribution < -0.4 is 5.32 Å². The molecule has 0 radical (unpaired) electrons. The van der Waals surface area contributed by atoms with E-state index in [1.165, 1.54) is 11.1 Å². The van der Waals surface area contributed by atoms with Gasteiger partial charge in [0.15, 0.2) is 0 Å². The molecule has 2 rings (SSSR count). The molecule has 0 saturated heterocycles. The van der Waals surface area contributed by atoms with Crippen molar-refractivity contribution in [2.24, 2.45) is 0 Å². The molecule has 0 spiro atoms. The van der Waals surface area contributed by atoms with Crippen LogP contribution in [-0.2, 0) is 13.2 Å². The van der Waals surface area contributed by atoms with Crippen LogP contribution in [0.3, 0.4) is 0 Å². The zero-order valence-corrected chi connectivity index (χ0v) is 13.0. The third-order valence-electron chi connectivity index (χ3n) is 3.80. The van der Waals surface area contributed by atoms with Crippen molar-refractivity contribution in [1.29, 1.82) is 0 Å². The highest BCUT2D eigenvalue weighted by Gasteiger charge is 2.09. The fourth-order valence-corrected chi connectivity index (χ4v) is 2.54. The van der Waals surface area contributed by atoms with Gasteiger partial charge in [0.05, 0.1) is 6.61 Å². The Labute approximate surface area is 127 Å². The second-order valence-electron chi connectivity index (χ2n) is 5.51. The van der Waals surface area contributed by atoms with E-state index < -0.39 is 0 Å². The van der Waals surface area contributed by atoms with Gasteiger partial charge in [-0.1, -0.05) is 38.1 Å². The van der Waals surface area contributed by atoms with E-state index in [1.54, 1.807) is 0 Å². The Kier molecular flexibility index (Phi) is 6.03. The zero-order valence-electron chi connectivity index (χ0n) is 13.0. The first-order valence-electron chi connectivity index (χ1n) is 7.84. The van der Waals surface area contributed by atoms with Gasteiger partial charge in [0.1, 0.15) is 0 Å². The molecule has 2 N–H and O–H groups in total. The van der Waals surface area contributed by atoms with Crippen LogP contribution in [0.5, 0.6) is 0 Å². The van der Waals surface area contributed by atoms with Crippen molar-refractivity contribution in [3.63, 3.8) is 0 Å². The monoisotopic (exact) mass is 286 g/mol. The lowest BCUT2D eigenvalue weighted by Gasteiger charge is -2.15. The van der Waals surface area contributed by atoms with E-state index in [-0.39, 0.29) is 6.61 Å². The summed E-state index contributed by atoms with van der Waals surface area (Å²) in [6.07, 6.45) is 6.64. The molecule has 0 amide bonds. The summed E-state index contributed by atoms with van der Waals surface area (Å²) >= 11 is 0. The van der Waals surface area contributed by atoms with Gasteiger partial charge in [0.25, 0.3) is 0 Å². The fourth-order valence-electron chi connectivity index (χ4n) is 2.54. The second kappa shape index (κ2) is 8.01. The molecule has 1 atom stereocenters. The Morgan fingerprint density at radius 2 is 1.81 bits per heavy atom. The van der Waals surface area contributed by atoms with Crippen molar-refractivity contribution < 1.29 is 5.11 Å². The average Bonchev–Trinajstić information content (AvgIpc) is 2.97. The molecule has 2 aromatic rings. The Morgan fingerprint density at radius 1 is 1.10 bits per heavy atom. The van der Waals surface area contributed by atoms with Crippen LogP contribution in [0.4, 0.5) is 0 Å². The molecule has 0 aliphatic heterocycles. The van der Waals surface area contributed by atoms with Crippen LogP contribution in [0, 0.1) is 0 Å². The lowest BCUT2D eigenvalue weighted by Crippen LogP contribution is -2.21. The molecular formula is C18H26N2O. The number of nitrogens with one attached hydrogen (secondary N) is 1. The Hall–Kier alpha value is -1.58. The molecule has 21 heavy (non-hydrogen) atoms. The number of hydrogen-bond acceptors (Lipinski definition) is 2. The fraction of sp³-hybridized carbons (Fsp3) is 0.444. The smallest absolute Gasteiger partial charge is 0.0681 e. The molecule has 1 unspecified atom stereocenters. The predicted molar refractivity (Wildman–Crippen MR) is 87.2 cm³/mol. The van der Waals surface area contributed by atoms with Gasteiger partial charge in [0, 0.05) is 25.0 Å². The number of hydrogen-bond donors (Lipinski definition) is 2. The van der Waals surface area contributed by atoms with Crippen LogP contribution in [-0.4, -0.2) is 16.2 Å². The third-order valence-corrected chi connectivity index (χ3v) is 3.80. The topological polar surface area (TPSA) is 37.2 Å². The van der Waals surface area contributed by atoms with Gasteiger partial charge >= 0.3 is 0 Å². The highest BCUT2D eigenvalue weighted by Crippen LogP contribution is 2.18. The Morgan fingerprint density at radius 3 is 2.43 bits per heavy atom. The molecular weight excluding hydrogens is 260 g/mol. The van der Waals surface area contributed by atoms with Gasteiger partial charge in [-0.05, 0) is 42.1 Å². The largest absolute Gasteiger partial charge is 0.392 e. The average molecular weight is 286 g/mol. The van der Waals surface area contributed by atoms with Gasteiger partial charge in [-0.15, -0.1) is 0 Å². The highest BCUT2D eigenvalue weighted by molar-refractivity contribution is 5.23. The molecule has 0 aliphatic carbocycles. The van der Waals surface area contributed by atoms with E-state index in [0.717, 1.165) is 31.5 Å². The van der Waals surface area contributed by atoms with E-state index in [9.17, 15) is 0 Å². The second-order valence-corrected chi connectivity index (χ2v) is 5.51. The molecule has 114 valence electrons. The lowest BCUT2D eigenvalue weighted by molar-refractivity contribution is 0.282. The number of aliphatic hydroxyl groups is 1. The molecule has 0 bridgehead atoms. The summed E-state index contributed by atoms with van der Waals surface area (Å²) in [4.78, 5) is 0. The van der Waals surface area contributed by atoms with Crippen molar-refractivity contribution >= 4 is 0 Å². The van der Waals surface area contributed by atoms with Gasteiger partial charge in [-0.25, -0.2) is 0 Å². The SMILES string of the molecule is CCCNC(CC)c1ccn(Cc2ccc(CO)cc2)c1. The Bertz CT molecular complexity index is 530. The summed E-state index contributed by atoms with van der Waals surface area (Å²) in [5, 5.41) is 12.7. The number of nitrogens with zero attached hydrogens (tertiary/aromatic N) is 1. The molecule has 0 aliphatic rings. The number of benzene rings is 1. The summed E-state index contributed by atoms with van der Waals surface area (Å²) in [6, 6.07) is 10.8. The minimum Gasteiger partial charge on any atom is -0.392 e. The van der Waals surface area contributed by atoms with Crippen LogP contribution in [0.15, 0.2) is 42.7 Å². The summed E-state index contributed by atoms with van der Waals surface area (Å²) in [7, 11) is 0. The van der Waals surface area contributed by atoms with Crippen LogP contribution in [0.25, 0.3) is 0 Å². The van der Waals surface area contributed by atoms with Gasteiger partial charge < -0.3 is 15.0 Å². The summed E-state index contributed by atoms with van der Waals surface area (Å²) in [5.41, 5.74) is 3.57. The summed E-state index contributed by atoms with van der Waals surface area (Å²) in [6.45, 7) is 6.46. The zero-order chi connectivity index (χ0) is 15.1. The van der Waals surface area contributed by atoms with Crippen LogP contribution in [0.2, 0.25) is 0 Å². The van der Waals surface area contributed by atoms with Crippen molar-refractivity contribution in [2.75, 3.05) is 6.54 Å². The predicted octanol–water partition coefficient (Wildman–Crippen LogP) is 3.48. The minimum absolute atomic E-state index is 0.106. The Balaban J connectivity index is 2.01. The van der Waals surface area contributed by atoms with Gasteiger partial charge in [0.2, 0.25) is 0 Å². The lowest BCUT2D eigenvalue weighted by atomic mass is 10.1. The first-order valence-corrected chi connectivity index (χ1v) is 7.84. The van der Waals surface area contributed by atoms with Crippen molar-refractivity contribution in [3.8, 4) is 0 Å². The van der Waals surface area contributed by atoms with E-state index in [2.05, 4.69) is 54.3 Å². The standard InChI is InChI=1S/C18H26N2O/c1-3-10-19-18(4-2)17-9-11-20(13-17)12-15-5-7-16(14-21)8-6-15/h5-9,11,13,18-19,21H,3-4,10,12,14H2,1-2H3. The third kappa shape index (κ3) is 4.45. The van der Waals surface area contributed by atoms with Crippen LogP contribution >= 0.6 is 0 Å². The molecule has 1 aromatic carbocycles. The van der Waals surface area contributed by atoms with E-state index in [0.29, 0.717) is 6.04 Å². The number of rotatable bonds is 8.